The van der Waals surface area contributed by atoms with E-state index in [1.54, 1.807) is 0 Å². The van der Waals surface area contributed by atoms with Gasteiger partial charge in [0.2, 0.25) is 0 Å². The minimum atomic E-state index is 0.697. The number of nitrogen functional groups attached to an aromatic ring is 1. The number of nitrogens with two attached hydrogens (primary N) is 1. The van der Waals surface area contributed by atoms with E-state index in [9.17, 15) is 0 Å². The van der Waals surface area contributed by atoms with E-state index in [2.05, 4.69) is 6.92 Å². The van der Waals surface area contributed by atoms with Gasteiger partial charge in [0.25, 0.3) is 0 Å². The zero-order valence-electron chi connectivity index (χ0n) is 11.2. The zero-order chi connectivity index (χ0) is 13.8. The first-order chi connectivity index (χ1) is 9.10. The Kier molecular flexibility index (Phi) is 4.33. The summed E-state index contributed by atoms with van der Waals surface area (Å²) in [4.78, 5) is 0. The third-order valence-electron chi connectivity index (χ3n) is 2.90. The van der Waals surface area contributed by atoms with Crippen LogP contribution >= 0.6 is 11.6 Å². The van der Waals surface area contributed by atoms with Crippen molar-refractivity contribution in [2.75, 3.05) is 12.3 Å². The molecule has 2 aromatic rings. The molecule has 2 N–H and O–H groups in total. The quantitative estimate of drug-likeness (QED) is 0.822. The normalized spacial score (nSPS) is 10.5. The van der Waals surface area contributed by atoms with Gasteiger partial charge >= 0.3 is 0 Å². The fourth-order valence-corrected chi connectivity index (χ4v) is 2.26. The third kappa shape index (κ3) is 3.42. The number of rotatable bonds is 4. The Labute approximate surface area is 119 Å². The predicted molar refractivity (Wildman–Crippen MR) is 81.8 cm³/mol. The fourth-order valence-electron chi connectivity index (χ4n) is 2.03. The lowest BCUT2D eigenvalue weighted by molar-refractivity contribution is 0.318. The van der Waals surface area contributed by atoms with Crippen LogP contribution in [0.25, 0.3) is 11.1 Å². The molecular weight excluding hydrogens is 258 g/mol. The average molecular weight is 276 g/mol. The minimum Gasteiger partial charge on any atom is -0.494 e. The summed E-state index contributed by atoms with van der Waals surface area (Å²) in [5.41, 5.74) is 9.95. The maximum Gasteiger partial charge on any atom is 0.121 e. The predicted octanol–water partition coefficient (Wildman–Crippen LogP) is 4.69. The Morgan fingerprint density at radius 3 is 2.63 bits per heavy atom. The Bertz CT molecular complexity index is 581. The van der Waals surface area contributed by atoms with Crippen LogP contribution in [0, 0.1) is 6.92 Å². The maximum atomic E-state index is 5.99. The summed E-state index contributed by atoms with van der Waals surface area (Å²) in [5, 5.41) is 0.743. The van der Waals surface area contributed by atoms with E-state index >= 15 is 0 Å². The molecular formula is C16H18ClNO. The Morgan fingerprint density at radius 2 is 1.95 bits per heavy atom. The van der Waals surface area contributed by atoms with Gasteiger partial charge in [-0.25, -0.2) is 0 Å². The molecule has 0 aliphatic carbocycles. The van der Waals surface area contributed by atoms with Crippen LogP contribution in [-0.2, 0) is 0 Å². The van der Waals surface area contributed by atoms with Crippen LogP contribution in [0.4, 0.5) is 5.69 Å². The summed E-state index contributed by atoms with van der Waals surface area (Å²) in [7, 11) is 0. The summed E-state index contributed by atoms with van der Waals surface area (Å²) in [5.74, 6) is 0.811. The molecule has 2 nitrogen and oxygen atoms in total. The highest BCUT2D eigenvalue weighted by Gasteiger charge is 2.06. The number of benzene rings is 2. The molecule has 0 fully saturated rings. The monoisotopic (exact) mass is 275 g/mol. The van der Waals surface area contributed by atoms with Crippen molar-refractivity contribution in [3.8, 4) is 16.9 Å². The number of ether oxygens (including phenoxy) is 1. The summed E-state index contributed by atoms with van der Waals surface area (Å²) < 4.78 is 5.66. The van der Waals surface area contributed by atoms with Crippen LogP contribution in [0.3, 0.4) is 0 Å². The van der Waals surface area contributed by atoms with Crippen LogP contribution in [0.2, 0.25) is 5.02 Å². The number of hydrogen-bond donors (Lipinski definition) is 1. The van der Waals surface area contributed by atoms with Crippen molar-refractivity contribution in [1.29, 1.82) is 0 Å². The second-order valence-corrected chi connectivity index (χ2v) is 5.03. The Hall–Kier alpha value is -1.67. The molecule has 0 heterocycles. The van der Waals surface area contributed by atoms with Gasteiger partial charge in [-0.05, 0) is 54.3 Å². The highest BCUT2D eigenvalue weighted by molar-refractivity contribution is 6.30. The summed E-state index contributed by atoms with van der Waals surface area (Å²) in [6, 6.07) is 11.7. The van der Waals surface area contributed by atoms with Gasteiger partial charge in [-0.3, -0.25) is 0 Å². The van der Waals surface area contributed by atoms with E-state index in [0.717, 1.165) is 33.9 Å². The molecule has 0 unspecified atom stereocenters. The molecule has 3 heteroatoms. The van der Waals surface area contributed by atoms with E-state index in [1.807, 2.05) is 43.3 Å². The standard InChI is InChI=1S/C16H18ClNO/c1-3-6-19-15-9-12(8-14(18)10-15)16-5-4-13(17)7-11(16)2/h4-5,7-10H,3,6,18H2,1-2H3. The molecule has 0 radical (unpaired) electrons. The SMILES string of the molecule is CCCOc1cc(N)cc(-c2ccc(Cl)cc2C)c1. The van der Waals surface area contributed by atoms with Gasteiger partial charge in [0.1, 0.15) is 5.75 Å². The second-order valence-electron chi connectivity index (χ2n) is 4.60. The first-order valence-electron chi connectivity index (χ1n) is 6.40. The van der Waals surface area contributed by atoms with Crippen LogP contribution in [-0.4, -0.2) is 6.61 Å². The van der Waals surface area contributed by atoms with Gasteiger partial charge in [-0.2, -0.15) is 0 Å². The molecule has 0 aliphatic rings. The molecule has 0 bridgehead atoms. The molecule has 19 heavy (non-hydrogen) atoms. The minimum absolute atomic E-state index is 0.697. The lowest BCUT2D eigenvalue weighted by Crippen LogP contribution is -1.97. The fraction of sp³-hybridized carbons (Fsp3) is 0.250. The Balaban J connectivity index is 2.41. The first kappa shape index (κ1) is 13.8. The molecule has 0 atom stereocenters. The van der Waals surface area contributed by atoms with Crippen LogP contribution in [0.5, 0.6) is 5.75 Å². The molecule has 2 aromatic carbocycles. The summed E-state index contributed by atoms with van der Waals surface area (Å²) >= 11 is 5.99. The molecule has 0 saturated carbocycles. The van der Waals surface area contributed by atoms with E-state index in [0.29, 0.717) is 12.3 Å². The lowest BCUT2D eigenvalue weighted by atomic mass is 10.00. The first-order valence-corrected chi connectivity index (χ1v) is 6.78. The topological polar surface area (TPSA) is 35.2 Å². The highest BCUT2D eigenvalue weighted by Crippen LogP contribution is 2.30. The van der Waals surface area contributed by atoms with Crippen LogP contribution in [0.15, 0.2) is 36.4 Å². The van der Waals surface area contributed by atoms with Crippen molar-refractivity contribution in [3.63, 3.8) is 0 Å². The van der Waals surface area contributed by atoms with Gasteiger partial charge in [0, 0.05) is 16.8 Å². The van der Waals surface area contributed by atoms with Gasteiger partial charge < -0.3 is 10.5 Å². The third-order valence-corrected chi connectivity index (χ3v) is 3.14. The Morgan fingerprint density at radius 1 is 1.16 bits per heavy atom. The number of hydrogen-bond acceptors (Lipinski definition) is 2. The molecule has 0 amide bonds. The molecule has 0 aliphatic heterocycles. The lowest BCUT2D eigenvalue weighted by Gasteiger charge is -2.11. The molecule has 0 spiro atoms. The van der Waals surface area contributed by atoms with E-state index in [-0.39, 0.29) is 0 Å². The van der Waals surface area contributed by atoms with Crippen molar-refractivity contribution in [1.82, 2.24) is 0 Å². The van der Waals surface area contributed by atoms with Gasteiger partial charge in [-0.15, -0.1) is 0 Å². The van der Waals surface area contributed by atoms with Gasteiger partial charge in [-0.1, -0.05) is 24.6 Å². The largest absolute Gasteiger partial charge is 0.494 e. The van der Waals surface area contributed by atoms with Gasteiger partial charge in [0.05, 0.1) is 6.61 Å². The number of halogens is 1. The van der Waals surface area contributed by atoms with Crippen molar-refractivity contribution < 1.29 is 4.74 Å². The van der Waals surface area contributed by atoms with Crippen LogP contribution in [0.1, 0.15) is 18.9 Å². The zero-order valence-corrected chi connectivity index (χ0v) is 12.0. The van der Waals surface area contributed by atoms with E-state index in [4.69, 9.17) is 22.1 Å². The van der Waals surface area contributed by atoms with Crippen molar-refractivity contribution in [2.24, 2.45) is 0 Å². The van der Waals surface area contributed by atoms with E-state index in [1.165, 1.54) is 0 Å². The van der Waals surface area contributed by atoms with Gasteiger partial charge in [0.15, 0.2) is 0 Å². The van der Waals surface area contributed by atoms with Crippen molar-refractivity contribution in [2.45, 2.75) is 20.3 Å². The summed E-state index contributed by atoms with van der Waals surface area (Å²) in [6.07, 6.45) is 0.976. The molecule has 2 rings (SSSR count). The highest BCUT2D eigenvalue weighted by atomic mass is 35.5. The number of anilines is 1. The van der Waals surface area contributed by atoms with Crippen LogP contribution < -0.4 is 10.5 Å². The molecule has 0 aromatic heterocycles. The van der Waals surface area contributed by atoms with E-state index < -0.39 is 0 Å². The molecule has 0 saturated heterocycles. The average Bonchev–Trinajstić information content (AvgIpc) is 2.35. The van der Waals surface area contributed by atoms with Crippen molar-refractivity contribution >= 4 is 17.3 Å². The van der Waals surface area contributed by atoms with Crippen molar-refractivity contribution in [3.05, 3.63) is 47.0 Å². The number of aryl methyl sites for hydroxylation is 1. The second kappa shape index (κ2) is 5.98. The maximum absolute atomic E-state index is 5.99. The smallest absolute Gasteiger partial charge is 0.121 e. The summed E-state index contributed by atoms with van der Waals surface area (Å²) in [6.45, 7) is 4.82. The molecule has 100 valence electrons.